The molecule has 0 bridgehead atoms. The van der Waals surface area contributed by atoms with Crippen molar-refractivity contribution in [3.63, 3.8) is 0 Å². The van der Waals surface area contributed by atoms with E-state index >= 15 is 0 Å². The number of fused-ring (bicyclic) bond motifs is 1. The van der Waals surface area contributed by atoms with Gasteiger partial charge in [-0.25, -0.2) is 0 Å². The van der Waals surface area contributed by atoms with Gasteiger partial charge in [0, 0.05) is 47.0 Å². The standard InChI is InChI=1S/C29H25ClN2O5/c1-4-37-19-12-13-23(30)21(15-19)27(33)25-26(22-16-31(2)24-11-6-5-10-20(22)24)32(29(35)28(25)34)17-8-7-9-18(14-17)36-3/h5-16,26,33H,4H2,1-3H3/b27-25+. The van der Waals surface area contributed by atoms with Crippen LogP contribution < -0.4 is 14.4 Å². The molecule has 0 spiro atoms. The lowest BCUT2D eigenvalue weighted by atomic mass is 9.94. The zero-order chi connectivity index (χ0) is 26.3. The lowest BCUT2D eigenvalue weighted by molar-refractivity contribution is -0.132. The quantitative estimate of drug-likeness (QED) is 0.197. The van der Waals surface area contributed by atoms with Crippen LogP contribution in [0.1, 0.15) is 24.1 Å². The lowest BCUT2D eigenvalue weighted by Gasteiger charge is -2.25. The van der Waals surface area contributed by atoms with Crippen molar-refractivity contribution >= 4 is 45.6 Å². The summed E-state index contributed by atoms with van der Waals surface area (Å²) >= 11 is 6.46. The molecule has 0 aliphatic carbocycles. The Bertz CT molecular complexity index is 1570. The summed E-state index contributed by atoms with van der Waals surface area (Å²) in [5, 5.41) is 12.6. The number of nitrogens with zero attached hydrogens (tertiary/aromatic N) is 2. The minimum Gasteiger partial charge on any atom is -0.507 e. The Hall–Kier alpha value is -4.23. The number of ether oxygens (including phenoxy) is 2. The first-order chi connectivity index (χ1) is 17.8. The molecule has 4 aromatic rings. The van der Waals surface area contributed by atoms with Crippen LogP contribution in [0.15, 0.2) is 78.5 Å². The highest BCUT2D eigenvalue weighted by Crippen LogP contribution is 2.46. The average Bonchev–Trinajstić information content (AvgIpc) is 3.38. The van der Waals surface area contributed by atoms with Crippen LogP contribution in [0.5, 0.6) is 11.5 Å². The van der Waals surface area contributed by atoms with Gasteiger partial charge in [0.25, 0.3) is 11.7 Å². The summed E-state index contributed by atoms with van der Waals surface area (Å²) in [6, 6.07) is 18.5. The maximum Gasteiger partial charge on any atom is 0.300 e. The number of methoxy groups -OCH3 is 1. The summed E-state index contributed by atoms with van der Waals surface area (Å²) in [4.78, 5) is 28.5. The van der Waals surface area contributed by atoms with E-state index in [0.717, 1.165) is 10.9 Å². The van der Waals surface area contributed by atoms with Crippen molar-refractivity contribution in [3.05, 3.63) is 94.6 Å². The number of para-hydroxylation sites is 1. The number of anilines is 1. The van der Waals surface area contributed by atoms with Crippen LogP contribution in [-0.4, -0.2) is 35.1 Å². The Morgan fingerprint density at radius 2 is 1.81 bits per heavy atom. The molecule has 7 nitrogen and oxygen atoms in total. The fourth-order valence-electron chi connectivity index (χ4n) is 4.83. The van der Waals surface area contributed by atoms with E-state index in [4.69, 9.17) is 21.1 Å². The second-order valence-electron chi connectivity index (χ2n) is 8.66. The van der Waals surface area contributed by atoms with Gasteiger partial charge in [0.15, 0.2) is 0 Å². The molecule has 1 aliphatic rings. The predicted molar refractivity (Wildman–Crippen MR) is 143 cm³/mol. The molecule has 1 amide bonds. The van der Waals surface area contributed by atoms with Crippen LogP contribution in [-0.2, 0) is 16.6 Å². The molecular weight excluding hydrogens is 492 g/mol. The number of hydrogen-bond acceptors (Lipinski definition) is 5. The van der Waals surface area contributed by atoms with Gasteiger partial charge in [0.05, 0.1) is 30.4 Å². The number of rotatable bonds is 6. The SMILES string of the molecule is CCOc1ccc(Cl)c(/C(O)=C2\C(=O)C(=O)N(c3cccc(OC)c3)C2c2cn(C)c3ccccc23)c1. The molecule has 37 heavy (non-hydrogen) atoms. The summed E-state index contributed by atoms with van der Waals surface area (Å²) in [7, 11) is 3.43. The van der Waals surface area contributed by atoms with Gasteiger partial charge < -0.3 is 19.1 Å². The Kier molecular flexibility index (Phi) is 6.39. The Labute approximate surface area is 219 Å². The Morgan fingerprint density at radius 3 is 2.57 bits per heavy atom. The molecule has 1 saturated heterocycles. The number of halogens is 1. The maximum atomic E-state index is 13.6. The number of aliphatic hydroxyl groups excluding tert-OH is 1. The molecule has 0 radical (unpaired) electrons. The molecule has 5 rings (SSSR count). The van der Waals surface area contributed by atoms with Crippen molar-refractivity contribution < 1.29 is 24.2 Å². The second kappa shape index (κ2) is 9.67. The molecule has 1 aliphatic heterocycles. The molecule has 3 aromatic carbocycles. The van der Waals surface area contributed by atoms with Crippen molar-refractivity contribution in [1.29, 1.82) is 0 Å². The highest BCUT2D eigenvalue weighted by Gasteiger charge is 2.48. The van der Waals surface area contributed by atoms with Crippen molar-refractivity contribution in [3.8, 4) is 11.5 Å². The molecule has 1 unspecified atom stereocenters. The zero-order valence-electron chi connectivity index (χ0n) is 20.6. The summed E-state index contributed by atoms with van der Waals surface area (Å²) in [6.07, 6.45) is 1.87. The molecule has 1 fully saturated rings. The average molecular weight is 517 g/mol. The van der Waals surface area contributed by atoms with Crippen molar-refractivity contribution in [2.45, 2.75) is 13.0 Å². The third kappa shape index (κ3) is 4.11. The number of amides is 1. The molecule has 8 heteroatoms. The van der Waals surface area contributed by atoms with E-state index in [0.29, 0.717) is 29.4 Å². The number of hydrogen-bond donors (Lipinski definition) is 1. The molecule has 1 N–H and O–H groups in total. The fraction of sp³-hybridized carbons (Fsp3) is 0.172. The molecule has 188 valence electrons. The molecule has 1 atom stereocenters. The van der Waals surface area contributed by atoms with Crippen molar-refractivity contribution in [2.24, 2.45) is 7.05 Å². The van der Waals surface area contributed by atoms with Gasteiger partial charge in [0.2, 0.25) is 0 Å². The zero-order valence-corrected chi connectivity index (χ0v) is 21.3. The summed E-state index contributed by atoms with van der Waals surface area (Å²) in [5.74, 6) is -0.921. The van der Waals surface area contributed by atoms with Gasteiger partial charge in [-0.3, -0.25) is 14.5 Å². The van der Waals surface area contributed by atoms with E-state index in [2.05, 4.69) is 0 Å². The van der Waals surface area contributed by atoms with Crippen LogP contribution >= 0.6 is 11.6 Å². The first kappa shape index (κ1) is 24.5. The largest absolute Gasteiger partial charge is 0.507 e. The number of aryl methyl sites for hydroxylation is 1. The van der Waals surface area contributed by atoms with E-state index in [1.165, 1.54) is 12.0 Å². The molecule has 0 saturated carbocycles. The Balaban J connectivity index is 1.80. The third-order valence-corrected chi connectivity index (χ3v) is 6.83. The van der Waals surface area contributed by atoms with Crippen molar-refractivity contribution in [2.75, 3.05) is 18.6 Å². The van der Waals surface area contributed by atoms with Crippen LogP contribution in [0.3, 0.4) is 0 Å². The fourth-order valence-corrected chi connectivity index (χ4v) is 5.04. The van der Waals surface area contributed by atoms with Crippen LogP contribution in [0.2, 0.25) is 5.02 Å². The maximum absolute atomic E-state index is 13.6. The van der Waals surface area contributed by atoms with Gasteiger partial charge >= 0.3 is 0 Å². The van der Waals surface area contributed by atoms with Crippen LogP contribution in [0, 0.1) is 0 Å². The summed E-state index contributed by atoms with van der Waals surface area (Å²) in [6.45, 7) is 2.26. The van der Waals surface area contributed by atoms with E-state index in [1.807, 2.05) is 49.0 Å². The topological polar surface area (TPSA) is 81.0 Å². The van der Waals surface area contributed by atoms with E-state index < -0.39 is 17.7 Å². The van der Waals surface area contributed by atoms with E-state index in [-0.39, 0.29) is 21.9 Å². The number of benzene rings is 3. The van der Waals surface area contributed by atoms with Gasteiger partial charge in [-0.1, -0.05) is 35.9 Å². The molecule has 2 heterocycles. The monoisotopic (exact) mass is 516 g/mol. The Morgan fingerprint density at radius 1 is 1.03 bits per heavy atom. The second-order valence-corrected chi connectivity index (χ2v) is 9.06. The minimum absolute atomic E-state index is 0.0558. The number of aliphatic hydroxyl groups is 1. The van der Waals surface area contributed by atoms with Gasteiger partial charge in [-0.2, -0.15) is 0 Å². The lowest BCUT2D eigenvalue weighted by Crippen LogP contribution is -2.29. The van der Waals surface area contributed by atoms with Crippen molar-refractivity contribution in [1.82, 2.24) is 4.57 Å². The summed E-state index contributed by atoms with van der Waals surface area (Å²) in [5.41, 5.74) is 2.23. The van der Waals surface area contributed by atoms with Crippen LogP contribution in [0.25, 0.3) is 16.7 Å². The number of carbonyl (C=O) groups excluding carboxylic acids is 2. The van der Waals surface area contributed by atoms with E-state index in [1.54, 1.807) is 42.5 Å². The minimum atomic E-state index is -0.912. The highest BCUT2D eigenvalue weighted by atomic mass is 35.5. The van der Waals surface area contributed by atoms with Gasteiger partial charge in [-0.05, 0) is 43.3 Å². The number of Topliss-reactive ketones (excluding diaryl/α,β-unsaturated/α-hetero) is 1. The smallest absolute Gasteiger partial charge is 0.300 e. The summed E-state index contributed by atoms with van der Waals surface area (Å²) < 4.78 is 12.9. The number of carbonyl (C=O) groups is 2. The highest BCUT2D eigenvalue weighted by molar-refractivity contribution is 6.52. The third-order valence-electron chi connectivity index (χ3n) is 6.50. The molecule has 1 aromatic heterocycles. The predicted octanol–water partition coefficient (Wildman–Crippen LogP) is 5.87. The van der Waals surface area contributed by atoms with Gasteiger partial charge in [0.1, 0.15) is 17.3 Å². The number of ketones is 1. The first-order valence-electron chi connectivity index (χ1n) is 11.8. The van der Waals surface area contributed by atoms with Crippen LogP contribution in [0.4, 0.5) is 5.69 Å². The normalized spacial score (nSPS) is 17.0. The van der Waals surface area contributed by atoms with E-state index in [9.17, 15) is 14.7 Å². The molecular formula is C29H25ClN2O5. The first-order valence-corrected chi connectivity index (χ1v) is 12.1. The van der Waals surface area contributed by atoms with Gasteiger partial charge in [-0.15, -0.1) is 0 Å². The number of aromatic nitrogens is 1.